The van der Waals surface area contributed by atoms with Crippen LogP contribution in [-0.4, -0.2) is 30.1 Å². The monoisotopic (exact) mass is 392 g/mol. The van der Waals surface area contributed by atoms with Gasteiger partial charge in [-0.15, -0.1) is 0 Å². The summed E-state index contributed by atoms with van der Waals surface area (Å²) in [6.07, 6.45) is 1.35. The molecule has 7 nitrogen and oxygen atoms in total. The van der Waals surface area contributed by atoms with E-state index in [2.05, 4.69) is 20.6 Å². The normalized spacial score (nSPS) is 10.4. The van der Waals surface area contributed by atoms with Crippen LogP contribution in [0.2, 0.25) is 0 Å². The highest BCUT2D eigenvalue weighted by atomic mass is 16.5. The van der Waals surface area contributed by atoms with Crippen LogP contribution >= 0.6 is 0 Å². The van der Waals surface area contributed by atoms with Crippen LogP contribution in [0.5, 0.6) is 11.5 Å². The summed E-state index contributed by atoms with van der Waals surface area (Å²) in [5, 5.41) is 6.10. The highest BCUT2D eigenvalue weighted by Crippen LogP contribution is 2.31. The number of methoxy groups -OCH3 is 2. The number of aromatic nitrogens is 2. The third kappa shape index (κ3) is 4.63. The van der Waals surface area contributed by atoms with Crippen LogP contribution < -0.4 is 20.1 Å². The predicted molar refractivity (Wildman–Crippen MR) is 113 cm³/mol. The molecule has 0 saturated heterocycles. The summed E-state index contributed by atoms with van der Waals surface area (Å²) < 4.78 is 10.6. The smallest absolute Gasteiger partial charge is 0.274 e. The van der Waals surface area contributed by atoms with Crippen LogP contribution in [0.1, 0.15) is 27.2 Å². The van der Waals surface area contributed by atoms with E-state index in [0.29, 0.717) is 23.0 Å². The van der Waals surface area contributed by atoms with Gasteiger partial charge in [-0.3, -0.25) is 4.79 Å². The van der Waals surface area contributed by atoms with E-state index in [-0.39, 0.29) is 11.6 Å². The van der Waals surface area contributed by atoms with Crippen LogP contribution in [0.15, 0.2) is 42.7 Å². The molecule has 3 rings (SSSR count). The average Bonchev–Trinajstić information content (AvgIpc) is 2.71. The van der Waals surface area contributed by atoms with Gasteiger partial charge in [-0.2, -0.15) is 0 Å². The maximum absolute atomic E-state index is 12.7. The minimum absolute atomic E-state index is 0.259. The first kappa shape index (κ1) is 20.1. The van der Waals surface area contributed by atoms with Gasteiger partial charge in [0, 0.05) is 17.8 Å². The van der Waals surface area contributed by atoms with Gasteiger partial charge in [0.25, 0.3) is 5.91 Å². The van der Waals surface area contributed by atoms with Gasteiger partial charge in [0.2, 0.25) is 0 Å². The van der Waals surface area contributed by atoms with Crippen molar-refractivity contribution < 1.29 is 14.3 Å². The molecule has 0 aliphatic heterocycles. The molecule has 2 aromatic carbocycles. The molecule has 1 amide bonds. The van der Waals surface area contributed by atoms with E-state index in [9.17, 15) is 4.79 Å². The van der Waals surface area contributed by atoms with Crippen molar-refractivity contribution in [2.45, 2.75) is 20.8 Å². The third-order valence-corrected chi connectivity index (χ3v) is 4.49. The Morgan fingerprint density at radius 2 is 1.66 bits per heavy atom. The average molecular weight is 392 g/mol. The zero-order valence-corrected chi connectivity index (χ0v) is 17.2. The molecule has 29 heavy (non-hydrogen) atoms. The molecule has 0 atom stereocenters. The van der Waals surface area contributed by atoms with Crippen molar-refractivity contribution in [1.29, 1.82) is 0 Å². The number of aryl methyl sites for hydroxylation is 3. The predicted octanol–water partition coefficient (Wildman–Crippen LogP) is 4.41. The molecule has 0 radical (unpaired) electrons. The second-order valence-corrected chi connectivity index (χ2v) is 6.71. The van der Waals surface area contributed by atoms with Crippen molar-refractivity contribution in [1.82, 2.24) is 9.97 Å². The molecule has 0 fully saturated rings. The minimum Gasteiger partial charge on any atom is -0.497 e. The van der Waals surface area contributed by atoms with Crippen molar-refractivity contribution in [3.05, 3.63) is 65.1 Å². The number of ether oxygens (including phenoxy) is 2. The van der Waals surface area contributed by atoms with Crippen LogP contribution in [0, 0.1) is 20.8 Å². The summed E-state index contributed by atoms with van der Waals surface area (Å²) in [6, 6.07) is 11.1. The van der Waals surface area contributed by atoms with Crippen molar-refractivity contribution in [2.24, 2.45) is 0 Å². The fraction of sp³-hybridized carbons (Fsp3) is 0.227. The molecule has 0 aliphatic rings. The molecule has 0 aliphatic carbocycles. The Morgan fingerprint density at radius 1 is 0.931 bits per heavy atom. The van der Waals surface area contributed by atoms with E-state index in [1.54, 1.807) is 26.4 Å². The Labute approximate surface area is 170 Å². The zero-order chi connectivity index (χ0) is 21.0. The highest BCUT2D eigenvalue weighted by molar-refractivity contribution is 6.04. The maximum Gasteiger partial charge on any atom is 0.274 e. The number of amides is 1. The second kappa shape index (κ2) is 8.60. The van der Waals surface area contributed by atoms with Gasteiger partial charge in [0.05, 0.1) is 19.9 Å². The lowest BCUT2D eigenvalue weighted by Gasteiger charge is -2.14. The van der Waals surface area contributed by atoms with E-state index in [1.165, 1.54) is 6.33 Å². The first-order chi connectivity index (χ1) is 13.9. The number of nitrogens with zero attached hydrogens (tertiary/aromatic N) is 2. The summed E-state index contributed by atoms with van der Waals surface area (Å²) in [4.78, 5) is 21.1. The lowest BCUT2D eigenvalue weighted by molar-refractivity contribution is 0.102. The number of hydrogen-bond acceptors (Lipinski definition) is 6. The topological polar surface area (TPSA) is 85.4 Å². The number of carbonyl (C=O) groups excluding carboxylic acids is 1. The summed E-state index contributed by atoms with van der Waals surface area (Å²) in [7, 11) is 3.17. The Kier molecular flexibility index (Phi) is 5.97. The van der Waals surface area contributed by atoms with E-state index >= 15 is 0 Å². The molecule has 150 valence electrons. The quantitative estimate of drug-likeness (QED) is 0.646. The highest BCUT2D eigenvalue weighted by Gasteiger charge is 2.13. The largest absolute Gasteiger partial charge is 0.497 e. The summed E-state index contributed by atoms with van der Waals surface area (Å²) in [5.41, 5.74) is 4.92. The first-order valence-corrected chi connectivity index (χ1v) is 9.11. The van der Waals surface area contributed by atoms with E-state index in [4.69, 9.17) is 9.47 Å². The van der Waals surface area contributed by atoms with Crippen LogP contribution in [0.4, 0.5) is 17.2 Å². The molecule has 0 unspecified atom stereocenters. The Hall–Kier alpha value is -3.61. The van der Waals surface area contributed by atoms with Crippen molar-refractivity contribution >= 4 is 23.1 Å². The van der Waals surface area contributed by atoms with Crippen molar-refractivity contribution in [3.8, 4) is 11.5 Å². The Morgan fingerprint density at radius 3 is 2.31 bits per heavy atom. The van der Waals surface area contributed by atoms with Gasteiger partial charge < -0.3 is 20.1 Å². The molecular weight excluding hydrogens is 368 g/mol. The van der Waals surface area contributed by atoms with Gasteiger partial charge >= 0.3 is 0 Å². The Bertz CT molecular complexity index is 1030. The van der Waals surface area contributed by atoms with Crippen LogP contribution in [-0.2, 0) is 0 Å². The third-order valence-electron chi connectivity index (χ3n) is 4.49. The van der Waals surface area contributed by atoms with Gasteiger partial charge in [-0.1, -0.05) is 17.7 Å². The molecule has 0 spiro atoms. The first-order valence-electron chi connectivity index (χ1n) is 9.11. The maximum atomic E-state index is 12.7. The van der Waals surface area contributed by atoms with Crippen molar-refractivity contribution in [2.75, 3.05) is 24.9 Å². The number of carbonyl (C=O) groups is 1. The van der Waals surface area contributed by atoms with E-state index in [1.807, 2.05) is 45.0 Å². The van der Waals surface area contributed by atoms with E-state index in [0.717, 1.165) is 22.4 Å². The van der Waals surface area contributed by atoms with Crippen molar-refractivity contribution in [3.63, 3.8) is 0 Å². The fourth-order valence-electron chi connectivity index (χ4n) is 3.14. The molecule has 3 aromatic rings. The number of benzene rings is 2. The molecule has 2 N–H and O–H groups in total. The number of nitrogens with one attached hydrogen (secondary N) is 2. The lowest BCUT2D eigenvalue weighted by atomic mass is 10.0. The lowest BCUT2D eigenvalue weighted by Crippen LogP contribution is -2.16. The number of rotatable bonds is 6. The summed E-state index contributed by atoms with van der Waals surface area (Å²) in [6.45, 7) is 5.97. The molecule has 0 saturated carbocycles. The van der Waals surface area contributed by atoms with Gasteiger partial charge in [0.1, 0.15) is 29.3 Å². The van der Waals surface area contributed by atoms with Gasteiger partial charge in [-0.05, 0) is 44.0 Å². The Balaban J connectivity index is 1.82. The second-order valence-electron chi connectivity index (χ2n) is 6.71. The molecule has 1 heterocycles. The standard InChI is InChI=1S/C22H24N4O3/c1-13-8-14(2)21(15(3)9-13)26-22(27)18-11-20(24-12-23-18)25-17-7-6-16(28-4)10-19(17)29-5/h6-12H,1-5H3,(H,26,27)(H,23,24,25). The number of anilines is 3. The summed E-state index contributed by atoms with van der Waals surface area (Å²) >= 11 is 0. The SMILES string of the molecule is COc1ccc(Nc2cc(C(=O)Nc3c(C)cc(C)cc3C)ncn2)c(OC)c1. The molecular formula is C22H24N4O3. The summed E-state index contributed by atoms with van der Waals surface area (Å²) in [5.74, 6) is 1.46. The molecule has 7 heteroatoms. The fourth-order valence-corrected chi connectivity index (χ4v) is 3.14. The molecule has 0 bridgehead atoms. The van der Waals surface area contributed by atoms with Crippen LogP contribution in [0.3, 0.4) is 0 Å². The number of hydrogen-bond donors (Lipinski definition) is 2. The zero-order valence-electron chi connectivity index (χ0n) is 17.2. The minimum atomic E-state index is -0.299. The van der Waals surface area contributed by atoms with Crippen LogP contribution in [0.25, 0.3) is 0 Å². The van der Waals surface area contributed by atoms with E-state index < -0.39 is 0 Å². The van der Waals surface area contributed by atoms with Gasteiger partial charge in [0.15, 0.2) is 0 Å². The molecule has 1 aromatic heterocycles. The van der Waals surface area contributed by atoms with Gasteiger partial charge in [-0.25, -0.2) is 9.97 Å².